The Morgan fingerprint density at radius 2 is 1.90 bits per heavy atom. The highest BCUT2D eigenvalue weighted by Gasteiger charge is 2.09. The van der Waals surface area contributed by atoms with Crippen molar-refractivity contribution in [2.75, 3.05) is 26.1 Å². The Bertz CT molecular complexity index is 953. The number of hydrogen-bond acceptors (Lipinski definition) is 5. The zero-order chi connectivity index (χ0) is 20.6. The normalized spacial score (nSPS) is 10.4. The second kappa shape index (κ2) is 9.59. The Kier molecular flexibility index (Phi) is 6.67. The van der Waals surface area contributed by atoms with Crippen molar-refractivity contribution in [3.05, 3.63) is 65.2 Å². The quantitative estimate of drug-likeness (QED) is 0.544. The number of carbonyl (C=O) groups is 1. The van der Waals surface area contributed by atoms with Gasteiger partial charge >= 0.3 is 6.03 Å². The molecule has 0 bridgehead atoms. The molecule has 0 radical (unpaired) electrons. The first-order valence-corrected chi connectivity index (χ1v) is 9.30. The molecule has 0 atom stereocenters. The SMILES string of the molecule is COc1ccc(NC(=O)NCCc2n[nH]c(Cc3ccc(C)cc3)n2)c(OC)c1. The number of nitrogens with zero attached hydrogens (tertiary/aromatic N) is 2. The van der Waals surface area contributed by atoms with E-state index < -0.39 is 0 Å². The van der Waals surface area contributed by atoms with E-state index in [0.29, 0.717) is 42.4 Å². The monoisotopic (exact) mass is 395 g/mol. The highest BCUT2D eigenvalue weighted by atomic mass is 16.5. The summed E-state index contributed by atoms with van der Waals surface area (Å²) in [5.41, 5.74) is 2.96. The van der Waals surface area contributed by atoms with Crippen LogP contribution in [0.3, 0.4) is 0 Å². The van der Waals surface area contributed by atoms with Crippen LogP contribution in [0, 0.1) is 6.92 Å². The van der Waals surface area contributed by atoms with Crippen molar-refractivity contribution < 1.29 is 14.3 Å². The van der Waals surface area contributed by atoms with Gasteiger partial charge in [0.2, 0.25) is 0 Å². The van der Waals surface area contributed by atoms with Gasteiger partial charge in [-0.05, 0) is 24.6 Å². The third-order valence-electron chi connectivity index (χ3n) is 4.36. The molecular weight excluding hydrogens is 370 g/mol. The molecule has 0 aliphatic carbocycles. The van der Waals surface area contributed by atoms with Crippen LogP contribution in [-0.2, 0) is 12.8 Å². The molecule has 152 valence electrons. The largest absolute Gasteiger partial charge is 0.497 e. The lowest BCUT2D eigenvalue weighted by atomic mass is 10.1. The van der Waals surface area contributed by atoms with Gasteiger partial charge in [0.15, 0.2) is 5.82 Å². The van der Waals surface area contributed by atoms with Crippen LogP contribution in [0.5, 0.6) is 11.5 Å². The molecule has 8 nitrogen and oxygen atoms in total. The lowest BCUT2D eigenvalue weighted by molar-refractivity contribution is 0.252. The van der Waals surface area contributed by atoms with Crippen LogP contribution >= 0.6 is 0 Å². The van der Waals surface area contributed by atoms with Gasteiger partial charge in [-0.15, -0.1) is 0 Å². The molecule has 1 aromatic heterocycles. The van der Waals surface area contributed by atoms with Crippen LogP contribution in [0.4, 0.5) is 10.5 Å². The maximum absolute atomic E-state index is 12.1. The first-order chi connectivity index (χ1) is 14.1. The van der Waals surface area contributed by atoms with E-state index in [0.717, 1.165) is 5.82 Å². The molecular formula is C21H25N5O3. The number of aryl methyl sites for hydroxylation is 1. The van der Waals surface area contributed by atoms with Crippen LogP contribution in [0.2, 0.25) is 0 Å². The Hall–Kier alpha value is -3.55. The van der Waals surface area contributed by atoms with Gasteiger partial charge < -0.3 is 20.1 Å². The van der Waals surface area contributed by atoms with E-state index >= 15 is 0 Å². The number of methoxy groups -OCH3 is 2. The summed E-state index contributed by atoms with van der Waals surface area (Å²) >= 11 is 0. The van der Waals surface area contributed by atoms with Gasteiger partial charge in [0.1, 0.15) is 17.3 Å². The molecule has 3 N–H and O–H groups in total. The molecule has 0 aliphatic heterocycles. The highest BCUT2D eigenvalue weighted by molar-refractivity contribution is 5.91. The lowest BCUT2D eigenvalue weighted by Gasteiger charge is -2.12. The molecule has 0 fully saturated rings. The molecule has 0 spiro atoms. The molecule has 3 rings (SSSR count). The number of nitrogens with one attached hydrogen (secondary N) is 3. The first kappa shape index (κ1) is 20.2. The fourth-order valence-corrected chi connectivity index (χ4v) is 2.78. The second-order valence-electron chi connectivity index (χ2n) is 6.56. The summed E-state index contributed by atoms with van der Waals surface area (Å²) in [4.78, 5) is 16.6. The molecule has 0 unspecified atom stereocenters. The smallest absolute Gasteiger partial charge is 0.319 e. The summed E-state index contributed by atoms with van der Waals surface area (Å²) in [7, 11) is 3.11. The first-order valence-electron chi connectivity index (χ1n) is 9.30. The van der Waals surface area contributed by atoms with Crippen LogP contribution in [0.25, 0.3) is 0 Å². The third kappa shape index (κ3) is 5.71. The molecule has 8 heteroatoms. The molecule has 29 heavy (non-hydrogen) atoms. The van der Waals surface area contributed by atoms with E-state index in [1.807, 2.05) is 0 Å². The van der Waals surface area contributed by atoms with Crippen molar-refractivity contribution >= 4 is 11.7 Å². The fraction of sp³-hybridized carbons (Fsp3) is 0.286. The molecule has 2 aromatic carbocycles. The lowest BCUT2D eigenvalue weighted by Crippen LogP contribution is -2.30. The average Bonchev–Trinajstić information content (AvgIpc) is 3.17. The molecule has 0 saturated heterocycles. The molecule has 3 aromatic rings. The van der Waals surface area contributed by atoms with Crippen molar-refractivity contribution in [1.29, 1.82) is 0 Å². The van der Waals surface area contributed by atoms with E-state index in [1.165, 1.54) is 18.2 Å². The average molecular weight is 395 g/mol. The summed E-state index contributed by atoms with van der Waals surface area (Å²) in [6, 6.07) is 13.2. The van der Waals surface area contributed by atoms with Crippen LogP contribution in [0.15, 0.2) is 42.5 Å². The summed E-state index contributed by atoms with van der Waals surface area (Å²) in [5, 5.41) is 12.7. The van der Waals surface area contributed by atoms with Crippen LogP contribution in [-0.4, -0.2) is 42.0 Å². The van der Waals surface area contributed by atoms with E-state index in [9.17, 15) is 4.79 Å². The Morgan fingerprint density at radius 3 is 2.62 bits per heavy atom. The zero-order valence-electron chi connectivity index (χ0n) is 16.8. The van der Waals surface area contributed by atoms with Gasteiger partial charge in [-0.3, -0.25) is 5.10 Å². The molecule has 0 saturated carbocycles. The number of rotatable bonds is 8. The third-order valence-corrected chi connectivity index (χ3v) is 4.36. The Balaban J connectivity index is 1.47. The Labute approximate surface area is 169 Å². The number of carbonyl (C=O) groups excluding carboxylic acids is 1. The maximum atomic E-state index is 12.1. The fourth-order valence-electron chi connectivity index (χ4n) is 2.78. The van der Waals surface area contributed by atoms with Crippen molar-refractivity contribution in [2.45, 2.75) is 19.8 Å². The van der Waals surface area contributed by atoms with Gasteiger partial charge in [0.25, 0.3) is 0 Å². The maximum Gasteiger partial charge on any atom is 0.319 e. The number of benzene rings is 2. The van der Waals surface area contributed by atoms with Crippen LogP contribution in [0.1, 0.15) is 22.8 Å². The molecule has 1 heterocycles. The minimum Gasteiger partial charge on any atom is -0.497 e. The van der Waals surface area contributed by atoms with E-state index in [4.69, 9.17) is 9.47 Å². The second-order valence-corrected chi connectivity index (χ2v) is 6.56. The number of anilines is 1. The number of aromatic amines is 1. The summed E-state index contributed by atoms with van der Waals surface area (Å²) < 4.78 is 10.4. The highest BCUT2D eigenvalue weighted by Crippen LogP contribution is 2.28. The topological polar surface area (TPSA) is 101 Å². The van der Waals surface area contributed by atoms with Gasteiger partial charge in [-0.25, -0.2) is 9.78 Å². The number of ether oxygens (including phenoxy) is 2. The van der Waals surface area contributed by atoms with Crippen molar-refractivity contribution in [1.82, 2.24) is 20.5 Å². The van der Waals surface area contributed by atoms with Crippen molar-refractivity contribution in [3.8, 4) is 11.5 Å². The van der Waals surface area contributed by atoms with Gasteiger partial charge in [-0.2, -0.15) is 5.10 Å². The number of aromatic nitrogens is 3. The molecule has 2 amide bonds. The number of hydrogen-bond donors (Lipinski definition) is 3. The summed E-state index contributed by atoms with van der Waals surface area (Å²) in [6.45, 7) is 2.47. The number of amides is 2. The summed E-state index contributed by atoms with van der Waals surface area (Å²) in [6.07, 6.45) is 1.22. The minimum atomic E-state index is -0.330. The predicted molar refractivity (Wildman–Crippen MR) is 111 cm³/mol. The number of H-pyrrole nitrogens is 1. The van der Waals surface area contributed by atoms with Gasteiger partial charge in [0, 0.05) is 25.5 Å². The predicted octanol–water partition coefficient (Wildman–Crippen LogP) is 3.09. The van der Waals surface area contributed by atoms with E-state index in [2.05, 4.69) is 57.0 Å². The van der Waals surface area contributed by atoms with Crippen molar-refractivity contribution in [2.24, 2.45) is 0 Å². The minimum absolute atomic E-state index is 0.330. The van der Waals surface area contributed by atoms with Gasteiger partial charge in [-0.1, -0.05) is 29.8 Å². The van der Waals surface area contributed by atoms with Gasteiger partial charge in [0.05, 0.1) is 19.9 Å². The van der Waals surface area contributed by atoms with E-state index in [1.54, 1.807) is 25.3 Å². The number of urea groups is 1. The van der Waals surface area contributed by atoms with E-state index in [-0.39, 0.29) is 6.03 Å². The standard InChI is InChI=1S/C21H25N5O3/c1-14-4-6-15(7-5-14)12-20-24-19(25-26-20)10-11-22-21(27)23-17-9-8-16(28-2)13-18(17)29-3/h4-9,13H,10-12H2,1-3H3,(H2,22,23,27)(H,24,25,26). The van der Waals surface area contributed by atoms with Crippen molar-refractivity contribution in [3.63, 3.8) is 0 Å². The van der Waals surface area contributed by atoms with Crippen LogP contribution < -0.4 is 20.1 Å². The Morgan fingerprint density at radius 1 is 1.10 bits per heavy atom. The molecule has 0 aliphatic rings. The summed E-state index contributed by atoms with van der Waals surface area (Å²) in [5.74, 6) is 2.64. The zero-order valence-corrected chi connectivity index (χ0v) is 16.8.